The number of hydrogen-bond donors (Lipinski definition) is 0. The number of hydrogen-bond acceptors (Lipinski definition) is 6. The van der Waals surface area contributed by atoms with Crippen LogP contribution in [0.3, 0.4) is 0 Å². The molecule has 8 heteroatoms. The van der Waals surface area contributed by atoms with Gasteiger partial charge in [0.05, 0.1) is 10.5 Å². The average molecular weight is 306 g/mol. The van der Waals surface area contributed by atoms with Gasteiger partial charge in [0.2, 0.25) is 7.60 Å². The van der Waals surface area contributed by atoms with Gasteiger partial charge < -0.3 is 9.42 Å². The summed E-state index contributed by atoms with van der Waals surface area (Å²) in [6, 6.07) is 11.7. The van der Waals surface area contributed by atoms with Gasteiger partial charge in [0.25, 0.3) is 5.69 Å². The lowest BCUT2D eigenvalue weighted by Gasteiger charge is -2.22. The summed E-state index contributed by atoms with van der Waals surface area (Å²) in [5.74, 6) is -1.01. The molecular weight excluding hydrogens is 297 g/mol. The standard InChI is InChI=1S/C13H10NO6P/c15-13(10-4-2-1-3-5-10)20-21(18,19)12-8-6-11(7-9-12)14(16)17/h1-9H,(H,18,19)/p-1. The second-order valence-electron chi connectivity index (χ2n) is 4.02. The second-order valence-corrected chi connectivity index (χ2v) is 5.71. The lowest BCUT2D eigenvalue weighted by molar-refractivity contribution is -0.384. The fourth-order valence-corrected chi connectivity index (χ4v) is 2.49. The Morgan fingerprint density at radius 3 is 2.14 bits per heavy atom. The Kier molecular flexibility index (Phi) is 4.16. The molecule has 0 fully saturated rings. The van der Waals surface area contributed by atoms with Crippen LogP contribution in [0.15, 0.2) is 54.6 Å². The number of rotatable bonds is 4. The molecule has 21 heavy (non-hydrogen) atoms. The van der Waals surface area contributed by atoms with Crippen molar-refractivity contribution in [3.05, 3.63) is 70.3 Å². The maximum atomic E-state index is 11.9. The van der Waals surface area contributed by atoms with E-state index in [1.165, 1.54) is 12.1 Å². The highest BCUT2D eigenvalue weighted by Crippen LogP contribution is 2.37. The van der Waals surface area contributed by atoms with Gasteiger partial charge in [-0.2, -0.15) is 0 Å². The SMILES string of the molecule is O=C(OP(=O)([O-])c1ccc([N+](=O)[O-])cc1)c1ccccc1. The fraction of sp³-hybridized carbons (Fsp3) is 0. The number of nitro benzene ring substituents is 1. The van der Waals surface area contributed by atoms with E-state index in [-0.39, 0.29) is 16.6 Å². The Morgan fingerprint density at radius 1 is 1.05 bits per heavy atom. The minimum atomic E-state index is -4.64. The van der Waals surface area contributed by atoms with Crippen molar-refractivity contribution >= 4 is 24.6 Å². The quantitative estimate of drug-likeness (QED) is 0.482. The summed E-state index contributed by atoms with van der Waals surface area (Å²) in [4.78, 5) is 33.5. The molecule has 0 aliphatic heterocycles. The third kappa shape index (κ3) is 3.53. The van der Waals surface area contributed by atoms with Crippen LogP contribution in [0.1, 0.15) is 10.4 Å². The minimum absolute atomic E-state index is 0.0930. The summed E-state index contributed by atoms with van der Waals surface area (Å²) < 4.78 is 16.4. The van der Waals surface area contributed by atoms with Crippen molar-refractivity contribution in [2.45, 2.75) is 0 Å². The Bertz CT molecular complexity index is 713. The number of non-ortho nitro benzene ring substituents is 1. The topological polar surface area (TPSA) is 110 Å². The Morgan fingerprint density at radius 2 is 1.62 bits per heavy atom. The Balaban J connectivity index is 2.20. The van der Waals surface area contributed by atoms with Crippen molar-refractivity contribution in [1.82, 2.24) is 0 Å². The molecule has 0 aliphatic carbocycles. The highest BCUT2D eigenvalue weighted by atomic mass is 31.2. The maximum absolute atomic E-state index is 11.9. The van der Waals surface area contributed by atoms with Gasteiger partial charge >= 0.3 is 5.97 Å². The zero-order valence-corrected chi connectivity index (χ0v) is 11.4. The van der Waals surface area contributed by atoms with E-state index in [2.05, 4.69) is 4.52 Å². The van der Waals surface area contributed by atoms with Crippen LogP contribution in [0.4, 0.5) is 5.69 Å². The zero-order valence-electron chi connectivity index (χ0n) is 10.5. The highest BCUT2D eigenvalue weighted by molar-refractivity contribution is 7.60. The molecule has 0 N–H and O–H groups in total. The van der Waals surface area contributed by atoms with E-state index < -0.39 is 18.5 Å². The van der Waals surface area contributed by atoms with Crippen LogP contribution in [-0.2, 0) is 9.09 Å². The second kappa shape index (κ2) is 5.87. The first-order valence-corrected chi connectivity index (χ1v) is 7.29. The molecule has 2 aromatic rings. The van der Waals surface area contributed by atoms with E-state index in [0.29, 0.717) is 0 Å². The number of nitro groups is 1. The summed E-state index contributed by atoms with van der Waals surface area (Å²) in [5.41, 5.74) is -0.163. The molecule has 0 spiro atoms. The molecule has 0 aliphatic rings. The largest absolute Gasteiger partial charge is 0.765 e. The van der Waals surface area contributed by atoms with E-state index in [1.807, 2.05) is 0 Å². The molecule has 1 unspecified atom stereocenters. The molecule has 0 bridgehead atoms. The molecule has 2 rings (SSSR count). The zero-order chi connectivity index (χ0) is 15.5. The van der Waals surface area contributed by atoms with E-state index in [4.69, 9.17) is 0 Å². The molecule has 2 aromatic carbocycles. The van der Waals surface area contributed by atoms with Gasteiger partial charge in [-0.05, 0) is 24.3 Å². The smallest absolute Gasteiger partial charge is 0.342 e. The summed E-state index contributed by atoms with van der Waals surface area (Å²) in [6.07, 6.45) is 0. The van der Waals surface area contributed by atoms with Crippen molar-refractivity contribution in [1.29, 1.82) is 0 Å². The molecule has 0 radical (unpaired) electrons. The molecule has 0 aromatic heterocycles. The van der Waals surface area contributed by atoms with Crippen LogP contribution >= 0.6 is 7.60 Å². The van der Waals surface area contributed by atoms with E-state index in [9.17, 15) is 24.4 Å². The van der Waals surface area contributed by atoms with Crippen molar-refractivity contribution in [3.8, 4) is 0 Å². The first-order valence-electron chi connectivity index (χ1n) is 5.75. The monoisotopic (exact) mass is 306 g/mol. The van der Waals surface area contributed by atoms with Gasteiger partial charge in [-0.1, -0.05) is 18.2 Å². The number of carbonyl (C=O) groups is 1. The predicted octanol–water partition coefficient (Wildman–Crippen LogP) is 1.63. The van der Waals surface area contributed by atoms with Crippen LogP contribution in [0.2, 0.25) is 0 Å². The van der Waals surface area contributed by atoms with Gasteiger partial charge in [-0.25, -0.2) is 4.79 Å². The molecule has 7 nitrogen and oxygen atoms in total. The molecule has 0 amide bonds. The summed E-state index contributed by atoms with van der Waals surface area (Å²) in [6.45, 7) is 0. The molecule has 1 atom stereocenters. The summed E-state index contributed by atoms with van der Waals surface area (Å²) in [7, 11) is -4.64. The Labute approximate surface area is 119 Å². The highest BCUT2D eigenvalue weighted by Gasteiger charge is 2.19. The van der Waals surface area contributed by atoms with Crippen molar-refractivity contribution in [2.24, 2.45) is 0 Å². The van der Waals surface area contributed by atoms with Gasteiger partial charge in [-0.15, -0.1) is 0 Å². The normalized spacial score (nSPS) is 13.2. The van der Waals surface area contributed by atoms with Crippen molar-refractivity contribution in [3.63, 3.8) is 0 Å². The number of nitrogens with zero attached hydrogens (tertiary/aromatic N) is 1. The van der Waals surface area contributed by atoms with E-state index in [1.54, 1.807) is 18.2 Å². The van der Waals surface area contributed by atoms with Crippen molar-refractivity contribution in [2.75, 3.05) is 0 Å². The molecule has 0 heterocycles. The van der Waals surface area contributed by atoms with Crippen LogP contribution < -0.4 is 10.2 Å². The van der Waals surface area contributed by atoms with Crippen LogP contribution in [0, 0.1) is 10.1 Å². The van der Waals surface area contributed by atoms with Crippen LogP contribution in [-0.4, -0.2) is 10.9 Å². The van der Waals surface area contributed by atoms with Gasteiger partial charge in [0.1, 0.15) is 0 Å². The lowest BCUT2D eigenvalue weighted by atomic mass is 10.2. The maximum Gasteiger partial charge on any atom is 0.342 e. The Hall–Kier alpha value is -2.50. The van der Waals surface area contributed by atoms with Gasteiger partial charge in [0.15, 0.2) is 0 Å². The fourth-order valence-electron chi connectivity index (χ4n) is 1.55. The molecule has 0 saturated heterocycles. The predicted molar refractivity (Wildman–Crippen MR) is 72.2 cm³/mol. The molecular formula is C13H9NO6P-. The van der Waals surface area contributed by atoms with Crippen molar-refractivity contribution < 1.29 is 23.7 Å². The first kappa shape index (κ1) is 14.9. The van der Waals surface area contributed by atoms with E-state index in [0.717, 1.165) is 24.3 Å². The third-order valence-electron chi connectivity index (χ3n) is 2.59. The average Bonchev–Trinajstić information content (AvgIpc) is 2.48. The first-order chi connectivity index (χ1) is 9.90. The number of carbonyl (C=O) groups excluding carboxylic acids is 1. The summed E-state index contributed by atoms with van der Waals surface area (Å²) in [5, 5.41) is 10.2. The minimum Gasteiger partial charge on any atom is -0.765 e. The summed E-state index contributed by atoms with van der Waals surface area (Å²) >= 11 is 0. The third-order valence-corrected chi connectivity index (χ3v) is 3.93. The van der Waals surface area contributed by atoms with Gasteiger partial charge in [-0.3, -0.25) is 14.7 Å². The molecule has 0 saturated carbocycles. The number of benzene rings is 2. The van der Waals surface area contributed by atoms with E-state index >= 15 is 0 Å². The van der Waals surface area contributed by atoms with Crippen LogP contribution in [0.25, 0.3) is 0 Å². The van der Waals surface area contributed by atoms with Gasteiger partial charge in [0, 0.05) is 17.4 Å². The molecule has 108 valence electrons. The lowest BCUT2D eigenvalue weighted by Crippen LogP contribution is -2.20. The van der Waals surface area contributed by atoms with Crippen LogP contribution in [0.5, 0.6) is 0 Å².